The maximum atomic E-state index is 6.31. The maximum absolute atomic E-state index is 6.31. The molecule has 1 atom stereocenters. The van der Waals surface area contributed by atoms with Crippen molar-refractivity contribution in [3.8, 4) is 11.3 Å². The van der Waals surface area contributed by atoms with E-state index in [4.69, 9.17) is 16.6 Å². The van der Waals surface area contributed by atoms with Crippen molar-refractivity contribution < 1.29 is 0 Å². The first-order valence-corrected chi connectivity index (χ1v) is 9.41. The zero-order valence-electron chi connectivity index (χ0n) is 14.8. The van der Waals surface area contributed by atoms with Crippen LogP contribution in [0.25, 0.3) is 22.3 Å². The number of aromatic nitrogens is 3. The van der Waals surface area contributed by atoms with E-state index in [-0.39, 0.29) is 0 Å². The standard InChI is InChI=1S/C20H22ClN5/c1-13-4-5-15(9-16(13)21)17-10-18-19(24-8-7-23-18)20(26-17)25-12-14-3-2-6-22-11-14/h4-5,7-10,14,22H,2-3,6,11-12H2,1H3,(H,25,26)/t14-/m0/s1. The molecule has 0 radical (unpaired) electrons. The van der Waals surface area contributed by atoms with Crippen molar-refractivity contribution in [3.05, 3.63) is 47.2 Å². The summed E-state index contributed by atoms with van der Waals surface area (Å²) < 4.78 is 0. The minimum Gasteiger partial charge on any atom is -0.368 e. The highest BCUT2D eigenvalue weighted by Crippen LogP contribution is 2.28. The molecule has 1 aliphatic rings. The van der Waals surface area contributed by atoms with Gasteiger partial charge in [-0.3, -0.25) is 4.98 Å². The summed E-state index contributed by atoms with van der Waals surface area (Å²) in [7, 11) is 0. The van der Waals surface area contributed by atoms with Gasteiger partial charge in [0.2, 0.25) is 0 Å². The predicted octanol–water partition coefficient (Wildman–Crippen LogP) is 4.07. The summed E-state index contributed by atoms with van der Waals surface area (Å²) in [4.78, 5) is 13.8. The fraction of sp³-hybridized carbons (Fsp3) is 0.350. The fourth-order valence-electron chi connectivity index (χ4n) is 3.33. The highest BCUT2D eigenvalue weighted by Gasteiger charge is 2.15. The third kappa shape index (κ3) is 3.64. The summed E-state index contributed by atoms with van der Waals surface area (Å²) in [5, 5.41) is 7.70. The molecule has 0 spiro atoms. The van der Waals surface area contributed by atoms with Crippen molar-refractivity contribution in [1.82, 2.24) is 20.3 Å². The minimum atomic E-state index is 0.606. The number of benzene rings is 1. The molecule has 1 saturated heterocycles. The largest absolute Gasteiger partial charge is 0.368 e. The quantitative estimate of drug-likeness (QED) is 0.728. The van der Waals surface area contributed by atoms with Crippen molar-refractivity contribution in [1.29, 1.82) is 0 Å². The van der Waals surface area contributed by atoms with Crippen LogP contribution in [0, 0.1) is 12.8 Å². The van der Waals surface area contributed by atoms with Crippen LogP contribution in [0.5, 0.6) is 0 Å². The van der Waals surface area contributed by atoms with Gasteiger partial charge in [0.05, 0.1) is 11.2 Å². The van der Waals surface area contributed by atoms with Gasteiger partial charge in [0.25, 0.3) is 0 Å². The van der Waals surface area contributed by atoms with Gasteiger partial charge in [-0.05, 0) is 56.5 Å². The lowest BCUT2D eigenvalue weighted by atomic mass is 10.00. The molecular weight excluding hydrogens is 346 g/mol. The second kappa shape index (κ2) is 7.56. The van der Waals surface area contributed by atoms with Crippen LogP contribution in [0.2, 0.25) is 5.02 Å². The second-order valence-corrected chi connectivity index (χ2v) is 7.24. The van der Waals surface area contributed by atoms with Gasteiger partial charge in [0, 0.05) is 29.5 Å². The molecule has 6 heteroatoms. The van der Waals surface area contributed by atoms with Gasteiger partial charge in [-0.2, -0.15) is 0 Å². The molecule has 3 heterocycles. The molecule has 0 amide bonds. The molecule has 4 rings (SSSR count). The highest BCUT2D eigenvalue weighted by atomic mass is 35.5. The van der Waals surface area contributed by atoms with Crippen LogP contribution in [0.15, 0.2) is 36.7 Å². The number of hydrogen-bond acceptors (Lipinski definition) is 5. The Morgan fingerprint density at radius 3 is 2.92 bits per heavy atom. The van der Waals surface area contributed by atoms with Crippen molar-refractivity contribution in [2.75, 3.05) is 25.0 Å². The van der Waals surface area contributed by atoms with E-state index >= 15 is 0 Å². The molecule has 0 aliphatic carbocycles. The molecule has 134 valence electrons. The second-order valence-electron chi connectivity index (χ2n) is 6.84. The molecular formula is C20H22ClN5. The number of fused-ring (bicyclic) bond motifs is 1. The Balaban J connectivity index is 1.69. The average molecular weight is 368 g/mol. The number of halogens is 1. The molecule has 0 bridgehead atoms. The molecule has 26 heavy (non-hydrogen) atoms. The Morgan fingerprint density at radius 2 is 2.12 bits per heavy atom. The molecule has 5 nitrogen and oxygen atoms in total. The number of rotatable bonds is 4. The number of nitrogens with zero attached hydrogens (tertiary/aromatic N) is 3. The molecule has 0 saturated carbocycles. The predicted molar refractivity (Wildman–Crippen MR) is 107 cm³/mol. The van der Waals surface area contributed by atoms with Crippen molar-refractivity contribution in [2.24, 2.45) is 5.92 Å². The first-order chi connectivity index (χ1) is 12.7. The Bertz CT molecular complexity index is 921. The van der Waals surface area contributed by atoms with Crippen LogP contribution in [0.1, 0.15) is 18.4 Å². The number of pyridine rings is 1. The molecule has 3 aromatic rings. The van der Waals surface area contributed by atoms with Gasteiger partial charge in [-0.1, -0.05) is 23.7 Å². The Labute approximate surface area is 158 Å². The van der Waals surface area contributed by atoms with E-state index in [0.717, 1.165) is 58.3 Å². The molecule has 1 fully saturated rings. The van der Waals surface area contributed by atoms with E-state index in [1.165, 1.54) is 12.8 Å². The lowest BCUT2D eigenvalue weighted by molar-refractivity contribution is 0.392. The van der Waals surface area contributed by atoms with Crippen molar-refractivity contribution in [3.63, 3.8) is 0 Å². The van der Waals surface area contributed by atoms with Gasteiger partial charge in [0.1, 0.15) is 5.52 Å². The number of piperidine rings is 1. The first-order valence-electron chi connectivity index (χ1n) is 9.03. The number of aryl methyl sites for hydroxylation is 1. The lowest BCUT2D eigenvalue weighted by Crippen LogP contribution is -2.33. The van der Waals surface area contributed by atoms with E-state index in [0.29, 0.717) is 5.92 Å². The van der Waals surface area contributed by atoms with Crippen LogP contribution >= 0.6 is 11.6 Å². The molecule has 1 aromatic carbocycles. The van der Waals surface area contributed by atoms with Gasteiger partial charge < -0.3 is 10.6 Å². The van der Waals surface area contributed by atoms with Gasteiger partial charge in [-0.25, -0.2) is 9.97 Å². The van der Waals surface area contributed by atoms with Gasteiger partial charge in [-0.15, -0.1) is 0 Å². The summed E-state index contributed by atoms with van der Waals surface area (Å²) in [5.41, 5.74) is 4.52. The van der Waals surface area contributed by atoms with Crippen LogP contribution in [-0.2, 0) is 0 Å². The highest BCUT2D eigenvalue weighted by molar-refractivity contribution is 6.31. The zero-order valence-corrected chi connectivity index (χ0v) is 15.6. The SMILES string of the molecule is Cc1ccc(-c2cc3nccnc3c(NC[C@H]3CCCNC3)n2)cc1Cl. The Morgan fingerprint density at radius 1 is 1.23 bits per heavy atom. The van der Waals surface area contributed by atoms with Crippen molar-refractivity contribution in [2.45, 2.75) is 19.8 Å². The normalized spacial score (nSPS) is 17.4. The minimum absolute atomic E-state index is 0.606. The monoisotopic (exact) mass is 367 g/mol. The number of nitrogens with one attached hydrogen (secondary N) is 2. The van der Waals surface area contributed by atoms with Crippen LogP contribution in [0.3, 0.4) is 0 Å². The fourth-order valence-corrected chi connectivity index (χ4v) is 3.52. The van der Waals surface area contributed by atoms with Gasteiger partial charge in [0.15, 0.2) is 5.82 Å². The smallest absolute Gasteiger partial charge is 0.154 e. The Kier molecular flexibility index (Phi) is 5.00. The van der Waals surface area contributed by atoms with Crippen LogP contribution in [-0.4, -0.2) is 34.6 Å². The topological polar surface area (TPSA) is 62.7 Å². The zero-order chi connectivity index (χ0) is 17.9. The molecule has 2 aromatic heterocycles. The van der Waals surface area contributed by atoms with E-state index in [9.17, 15) is 0 Å². The van der Waals surface area contributed by atoms with Crippen LogP contribution in [0.4, 0.5) is 5.82 Å². The third-order valence-electron chi connectivity index (χ3n) is 4.88. The number of anilines is 1. The van der Waals surface area contributed by atoms with E-state index in [1.807, 2.05) is 31.2 Å². The van der Waals surface area contributed by atoms with E-state index < -0.39 is 0 Å². The summed E-state index contributed by atoms with van der Waals surface area (Å²) in [6.07, 6.45) is 5.88. The van der Waals surface area contributed by atoms with Gasteiger partial charge >= 0.3 is 0 Å². The van der Waals surface area contributed by atoms with Crippen LogP contribution < -0.4 is 10.6 Å². The molecule has 2 N–H and O–H groups in total. The lowest BCUT2D eigenvalue weighted by Gasteiger charge is -2.23. The summed E-state index contributed by atoms with van der Waals surface area (Å²) >= 11 is 6.31. The summed E-state index contributed by atoms with van der Waals surface area (Å²) in [6.45, 7) is 5.04. The summed E-state index contributed by atoms with van der Waals surface area (Å²) in [6, 6.07) is 7.98. The van der Waals surface area contributed by atoms with E-state index in [2.05, 4.69) is 20.6 Å². The Hall–Kier alpha value is -2.24. The third-order valence-corrected chi connectivity index (χ3v) is 5.29. The molecule has 0 unspecified atom stereocenters. The summed E-state index contributed by atoms with van der Waals surface area (Å²) in [5.74, 6) is 1.39. The van der Waals surface area contributed by atoms with E-state index in [1.54, 1.807) is 12.4 Å². The maximum Gasteiger partial charge on any atom is 0.154 e. The number of hydrogen-bond donors (Lipinski definition) is 2. The first kappa shape index (κ1) is 17.2. The van der Waals surface area contributed by atoms with Crippen molar-refractivity contribution >= 4 is 28.5 Å². The molecule has 1 aliphatic heterocycles. The average Bonchev–Trinajstić information content (AvgIpc) is 2.69.